The van der Waals surface area contributed by atoms with Crippen LogP contribution in [0.25, 0.3) is 0 Å². The zero-order chi connectivity index (χ0) is 15.2. The van der Waals surface area contributed by atoms with E-state index in [4.69, 9.17) is 22.7 Å². The van der Waals surface area contributed by atoms with Crippen LogP contribution in [0.15, 0.2) is 48.5 Å². The molecule has 0 unspecified atom stereocenters. The molecule has 110 valence electrons. The van der Waals surface area contributed by atoms with Gasteiger partial charge in [-0.3, -0.25) is 0 Å². The van der Waals surface area contributed by atoms with E-state index in [1.54, 1.807) is 7.11 Å². The summed E-state index contributed by atoms with van der Waals surface area (Å²) < 4.78 is 5.29. The fourth-order valence-electron chi connectivity index (χ4n) is 2.22. The van der Waals surface area contributed by atoms with E-state index in [-0.39, 0.29) is 0 Å². The van der Waals surface area contributed by atoms with Gasteiger partial charge in [-0.1, -0.05) is 42.5 Å². The summed E-state index contributed by atoms with van der Waals surface area (Å²) in [5, 5.41) is 0. The number of nitrogens with two attached hydrogens (primary N) is 1. The highest BCUT2D eigenvalue weighted by atomic mass is 32.1. The van der Waals surface area contributed by atoms with Gasteiger partial charge in [-0.05, 0) is 24.1 Å². The lowest BCUT2D eigenvalue weighted by molar-refractivity contribution is 0.415. The van der Waals surface area contributed by atoms with Gasteiger partial charge in [-0.25, -0.2) is 0 Å². The molecule has 0 saturated carbocycles. The van der Waals surface area contributed by atoms with Crippen molar-refractivity contribution in [2.75, 3.05) is 25.6 Å². The van der Waals surface area contributed by atoms with Crippen molar-refractivity contribution in [3.05, 3.63) is 59.7 Å². The smallest absolute Gasteiger partial charge is 0.120 e. The van der Waals surface area contributed by atoms with E-state index in [0.717, 1.165) is 30.0 Å². The van der Waals surface area contributed by atoms with Gasteiger partial charge in [0.15, 0.2) is 0 Å². The van der Waals surface area contributed by atoms with E-state index in [2.05, 4.69) is 29.2 Å². The van der Waals surface area contributed by atoms with Gasteiger partial charge in [0.2, 0.25) is 0 Å². The van der Waals surface area contributed by atoms with Crippen molar-refractivity contribution in [2.45, 2.75) is 6.42 Å². The van der Waals surface area contributed by atoms with Crippen LogP contribution in [-0.4, -0.2) is 25.7 Å². The first-order chi connectivity index (χ1) is 10.1. The molecule has 2 rings (SSSR count). The van der Waals surface area contributed by atoms with Crippen LogP contribution in [0.5, 0.6) is 5.75 Å². The summed E-state index contributed by atoms with van der Waals surface area (Å²) in [5.74, 6) is 0.802. The minimum atomic E-state index is 0.402. The summed E-state index contributed by atoms with van der Waals surface area (Å²) in [6.45, 7) is 0.882. The molecule has 0 radical (unpaired) electrons. The van der Waals surface area contributed by atoms with Crippen molar-refractivity contribution < 1.29 is 4.74 Å². The fraction of sp³-hybridized carbons (Fsp3) is 0.235. The van der Waals surface area contributed by atoms with Gasteiger partial charge in [0.05, 0.1) is 12.8 Å². The van der Waals surface area contributed by atoms with Crippen molar-refractivity contribution in [3.63, 3.8) is 0 Å². The first kappa shape index (κ1) is 15.3. The summed E-state index contributed by atoms with van der Waals surface area (Å²) >= 11 is 5.14. The zero-order valence-electron chi connectivity index (χ0n) is 12.4. The summed E-state index contributed by atoms with van der Waals surface area (Å²) in [6.07, 6.45) is 0.964. The Morgan fingerprint density at radius 1 is 1.19 bits per heavy atom. The van der Waals surface area contributed by atoms with Crippen molar-refractivity contribution in [3.8, 4) is 5.75 Å². The third kappa shape index (κ3) is 3.95. The first-order valence-corrected chi connectivity index (χ1v) is 7.25. The number of hydrogen-bond donors (Lipinski definition) is 1. The number of nitrogens with zero attached hydrogens (tertiary/aromatic N) is 1. The molecule has 0 fully saturated rings. The number of ether oxygens (including phenoxy) is 1. The maximum absolute atomic E-state index is 5.82. The third-order valence-electron chi connectivity index (χ3n) is 3.46. The summed E-state index contributed by atoms with van der Waals surface area (Å²) in [4.78, 5) is 2.56. The van der Waals surface area contributed by atoms with E-state index in [0.29, 0.717) is 4.99 Å². The normalized spacial score (nSPS) is 10.2. The number of benzene rings is 2. The van der Waals surface area contributed by atoms with E-state index in [9.17, 15) is 0 Å². The van der Waals surface area contributed by atoms with Gasteiger partial charge in [0.1, 0.15) is 10.7 Å². The van der Waals surface area contributed by atoms with Crippen LogP contribution in [-0.2, 0) is 6.42 Å². The van der Waals surface area contributed by atoms with Crippen LogP contribution in [0.1, 0.15) is 11.1 Å². The Morgan fingerprint density at radius 3 is 2.52 bits per heavy atom. The second kappa shape index (κ2) is 7.09. The largest absolute Gasteiger partial charge is 0.497 e. The maximum Gasteiger partial charge on any atom is 0.120 e. The van der Waals surface area contributed by atoms with Crippen LogP contribution in [0.3, 0.4) is 0 Å². The Hall–Kier alpha value is -2.07. The van der Waals surface area contributed by atoms with Crippen LogP contribution >= 0.6 is 12.2 Å². The molecule has 2 N–H and O–H groups in total. The van der Waals surface area contributed by atoms with E-state index >= 15 is 0 Å². The topological polar surface area (TPSA) is 38.5 Å². The monoisotopic (exact) mass is 300 g/mol. The molecule has 0 heterocycles. The number of methoxy groups -OCH3 is 1. The maximum atomic E-state index is 5.82. The summed E-state index contributed by atoms with van der Waals surface area (Å²) in [7, 11) is 3.70. The quantitative estimate of drug-likeness (QED) is 0.832. The van der Waals surface area contributed by atoms with Crippen LogP contribution < -0.4 is 15.4 Å². The lowest BCUT2D eigenvalue weighted by atomic mass is 10.1. The van der Waals surface area contributed by atoms with Crippen LogP contribution in [0.2, 0.25) is 0 Å². The Labute approximate surface area is 131 Å². The van der Waals surface area contributed by atoms with Crippen molar-refractivity contribution in [1.82, 2.24) is 0 Å². The molecule has 0 aliphatic carbocycles. The molecule has 2 aromatic rings. The van der Waals surface area contributed by atoms with Gasteiger partial charge < -0.3 is 15.4 Å². The van der Waals surface area contributed by atoms with E-state index in [1.807, 2.05) is 31.3 Å². The van der Waals surface area contributed by atoms with Crippen LogP contribution in [0.4, 0.5) is 5.69 Å². The zero-order valence-corrected chi connectivity index (χ0v) is 13.2. The van der Waals surface area contributed by atoms with Crippen molar-refractivity contribution in [1.29, 1.82) is 0 Å². The Bertz CT molecular complexity index is 613. The number of thiocarbonyl (C=S) groups is 1. The lowest BCUT2D eigenvalue weighted by Crippen LogP contribution is -2.24. The minimum Gasteiger partial charge on any atom is -0.497 e. The van der Waals surface area contributed by atoms with Gasteiger partial charge >= 0.3 is 0 Å². The highest BCUT2D eigenvalue weighted by molar-refractivity contribution is 7.80. The molecule has 0 amide bonds. The fourth-order valence-corrected chi connectivity index (χ4v) is 2.40. The van der Waals surface area contributed by atoms with Crippen molar-refractivity contribution in [2.24, 2.45) is 5.73 Å². The minimum absolute atomic E-state index is 0.402. The first-order valence-electron chi connectivity index (χ1n) is 6.84. The van der Waals surface area contributed by atoms with Gasteiger partial charge in [-0.15, -0.1) is 0 Å². The van der Waals surface area contributed by atoms with Crippen molar-refractivity contribution >= 4 is 22.9 Å². The van der Waals surface area contributed by atoms with E-state index in [1.165, 1.54) is 5.56 Å². The SMILES string of the molecule is COc1ccc(C(N)=S)c(N(C)CCc2ccccc2)c1. The average molecular weight is 300 g/mol. The highest BCUT2D eigenvalue weighted by Gasteiger charge is 2.11. The Morgan fingerprint density at radius 2 is 1.90 bits per heavy atom. The average Bonchev–Trinajstić information content (AvgIpc) is 2.52. The standard InChI is InChI=1S/C17H20N2OS/c1-19(11-10-13-6-4-3-5-7-13)16-12-14(20-2)8-9-15(16)17(18)21/h3-9,12H,10-11H2,1-2H3,(H2,18,21). The number of hydrogen-bond acceptors (Lipinski definition) is 3. The Balaban J connectivity index is 2.17. The lowest BCUT2D eigenvalue weighted by Gasteiger charge is -2.23. The predicted octanol–water partition coefficient (Wildman–Crippen LogP) is 3.01. The molecular weight excluding hydrogens is 280 g/mol. The molecule has 0 aliphatic rings. The number of anilines is 1. The predicted molar refractivity (Wildman–Crippen MR) is 92.3 cm³/mol. The molecule has 0 atom stereocenters. The number of rotatable bonds is 6. The molecule has 0 aromatic heterocycles. The molecule has 0 aliphatic heterocycles. The second-order valence-corrected chi connectivity index (χ2v) is 5.34. The molecular formula is C17H20N2OS. The van der Waals surface area contributed by atoms with Crippen LogP contribution in [0, 0.1) is 0 Å². The molecule has 4 heteroatoms. The molecule has 3 nitrogen and oxygen atoms in total. The van der Waals surface area contributed by atoms with Gasteiger partial charge in [0.25, 0.3) is 0 Å². The van der Waals surface area contributed by atoms with Gasteiger partial charge in [0, 0.05) is 25.2 Å². The Kier molecular flexibility index (Phi) is 5.17. The van der Waals surface area contributed by atoms with Gasteiger partial charge in [-0.2, -0.15) is 0 Å². The molecule has 0 bridgehead atoms. The highest BCUT2D eigenvalue weighted by Crippen LogP contribution is 2.25. The summed E-state index contributed by atoms with van der Waals surface area (Å²) in [5.41, 5.74) is 9.00. The molecule has 2 aromatic carbocycles. The second-order valence-electron chi connectivity index (χ2n) is 4.90. The molecule has 0 saturated heterocycles. The molecule has 0 spiro atoms. The number of likely N-dealkylation sites (N-methyl/N-ethyl adjacent to an activating group) is 1. The third-order valence-corrected chi connectivity index (χ3v) is 3.68. The van der Waals surface area contributed by atoms with E-state index < -0.39 is 0 Å². The molecule has 21 heavy (non-hydrogen) atoms. The summed E-state index contributed by atoms with van der Waals surface area (Å²) in [6, 6.07) is 16.2.